The molecule has 6 nitrogen and oxygen atoms in total. The number of likely N-dealkylation sites (N-methyl/N-ethyl adjacent to an activating group) is 1. The largest absolute Gasteiger partial charge is 0.370 e. The van der Waals surface area contributed by atoms with Gasteiger partial charge >= 0.3 is 0 Å². The number of ether oxygens (including phenoxy) is 1. The third-order valence-corrected chi connectivity index (χ3v) is 6.77. The number of hydrogen-bond donors (Lipinski definition) is 1. The lowest BCUT2D eigenvalue weighted by Crippen LogP contribution is -2.51. The van der Waals surface area contributed by atoms with Crippen LogP contribution in [0.5, 0.6) is 0 Å². The van der Waals surface area contributed by atoms with Gasteiger partial charge in [-0.3, -0.25) is 4.90 Å². The van der Waals surface area contributed by atoms with Crippen LogP contribution in [0.25, 0.3) is 27.8 Å². The van der Waals surface area contributed by atoms with Crippen LogP contribution in [0.4, 0.5) is 0 Å². The highest BCUT2D eigenvalue weighted by atomic mass is 16.5. The lowest BCUT2D eigenvalue weighted by atomic mass is 9.94. The Kier molecular flexibility index (Phi) is 4.68. The lowest BCUT2D eigenvalue weighted by Gasteiger charge is -2.43. The van der Waals surface area contributed by atoms with E-state index >= 15 is 0 Å². The van der Waals surface area contributed by atoms with Crippen LogP contribution in [0.1, 0.15) is 56.4 Å². The number of aryl methyl sites for hydroxylation is 1. The molecule has 0 aliphatic carbocycles. The molecular weight excluding hydrogens is 386 g/mol. The van der Waals surface area contributed by atoms with Crippen LogP contribution in [0, 0.1) is 6.92 Å². The number of morpholine rings is 1. The van der Waals surface area contributed by atoms with E-state index < -0.39 is 0 Å². The predicted molar refractivity (Wildman–Crippen MR) is 125 cm³/mol. The van der Waals surface area contributed by atoms with Gasteiger partial charge in [0.2, 0.25) is 0 Å². The van der Waals surface area contributed by atoms with E-state index in [1.807, 2.05) is 4.52 Å². The summed E-state index contributed by atoms with van der Waals surface area (Å²) in [7, 11) is 2.19. The third kappa shape index (κ3) is 3.34. The molecule has 0 amide bonds. The summed E-state index contributed by atoms with van der Waals surface area (Å²) >= 11 is 0. The summed E-state index contributed by atoms with van der Waals surface area (Å²) in [4.78, 5) is 10.4. The molecule has 0 saturated carbocycles. The maximum atomic E-state index is 6.28. The number of hydrogen-bond acceptors (Lipinski definition) is 4. The quantitative estimate of drug-likeness (QED) is 0.504. The van der Waals surface area contributed by atoms with Crippen LogP contribution in [0.3, 0.4) is 0 Å². The Morgan fingerprint density at radius 1 is 1.23 bits per heavy atom. The van der Waals surface area contributed by atoms with Crippen LogP contribution in [0.2, 0.25) is 0 Å². The molecule has 5 rings (SSSR count). The Morgan fingerprint density at radius 3 is 2.77 bits per heavy atom. The zero-order valence-corrected chi connectivity index (χ0v) is 19.2. The van der Waals surface area contributed by atoms with Crippen molar-refractivity contribution in [3.05, 3.63) is 53.5 Å². The molecule has 1 aromatic carbocycles. The number of aromatic nitrogens is 4. The number of fused-ring (bicyclic) bond motifs is 2. The van der Waals surface area contributed by atoms with E-state index in [2.05, 4.69) is 92.1 Å². The van der Waals surface area contributed by atoms with Gasteiger partial charge in [-0.15, -0.1) is 0 Å². The van der Waals surface area contributed by atoms with Gasteiger partial charge in [0.1, 0.15) is 6.33 Å². The second kappa shape index (κ2) is 7.18. The van der Waals surface area contributed by atoms with Crippen molar-refractivity contribution < 1.29 is 4.74 Å². The molecule has 6 heteroatoms. The average molecular weight is 418 g/mol. The van der Waals surface area contributed by atoms with Crippen molar-refractivity contribution in [2.45, 2.75) is 52.2 Å². The molecule has 1 atom stereocenters. The van der Waals surface area contributed by atoms with Gasteiger partial charge in [-0.1, -0.05) is 19.9 Å². The van der Waals surface area contributed by atoms with Crippen LogP contribution < -0.4 is 0 Å². The van der Waals surface area contributed by atoms with Crippen LogP contribution >= 0.6 is 0 Å². The Bertz CT molecular complexity index is 1270. The first kappa shape index (κ1) is 20.2. The molecule has 1 unspecified atom stereocenters. The Hall–Kier alpha value is -2.70. The topological polar surface area (TPSA) is 58.5 Å². The molecule has 3 aromatic heterocycles. The monoisotopic (exact) mass is 417 g/mol. The summed E-state index contributed by atoms with van der Waals surface area (Å²) < 4.78 is 8.14. The van der Waals surface area contributed by atoms with Crippen LogP contribution in [-0.4, -0.2) is 50.2 Å². The van der Waals surface area contributed by atoms with E-state index in [1.165, 1.54) is 16.5 Å². The number of pyridine rings is 1. The maximum Gasteiger partial charge on any atom is 0.158 e. The second-order valence-electron chi connectivity index (χ2n) is 9.81. The van der Waals surface area contributed by atoms with Crippen molar-refractivity contribution in [3.63, 3.8) is 0 Å². The third-order valence-electron chi connectivity index (χ3n) is 6.77. The lowest BCUT2D eigenvalue weighted by molar-refractivity contribution is -0.0897. The number of aromatic amines is 1. The molecule has 31 heavy (non-hydrogen) atoms. The van der Waals surface area contributed by atoms with E-state index in [0.717, 1.165) is 41.1 Å². The van der Waals surface area contributed by atoms with Gasteiger partial charge in [0.25, 0.3) is 0 Å². The van der Waals surface area contributed by atoms with Crippen molar-refractivity contribution in [1.82, 2.24) is 24.5 Å². The Balaban J connectivity index is 1.61. The summed E-state index contributed by atoms with van der Waals surface area (Å²) in [6.07, 6.45) is 3.76. The predicted octanol–water partition coefficient (Wildman–Crippen LogP) is 5.09. The Morgan fingerprint density at radius 2 is 2.03 bits per heavy atom. The molecular formula is C25H31N5O. The van der Waals surface area contributed by atoms with Gasteiger partial charge in [-0.25, -0.2) is 9.50 Å². The molecule has 1 saturated heterocycles. The Labute approximate surface area is 183 Å². The number of nitrogens with one attached hydrogen (secondary N) is 1. The fourth-order valence-electron chi connectivity index (χ4n) is 4.65. The van der Waals surface area contributed by atoms with E-state index in [4.69, 9.17) is 4.74 Å². The van der Waals surface area contributed by atoms with Gasteiger partial charge in [-0.05, 0) is 68.6 Å². The molecule has 162 valence electrons. The number of rotatable bonds is 3. The molecule has 4 aromatic rings. The summed E-state index contributed by atoms with van der Waals surface area (Å²) in [6.45, 7) is 12.7. The van der Waals surface area contributed by atoms with Crippen molar-refractivity contribution in [2.24, 2.45) is 0 Å². The van der Waals surface area contributed by atoms with E-state index in [-0.39, 0.29) is 11.6 Å². The fourth-order valence-corrected chi connectivity index (χ4v) is 4.65. The van der Waals surface area contributed by atoms with Crippen LogP contribution in [-0.2, 0) is 4.74 Å². The number of nitrogens with zero attached hydrogens (tertiary/aromatic N) is 4. The zero-order valence-electron chi connectivity index (χ0n) is 19.2. The molecule has 4 heterocycles. The standard InChI is InChI=1S/C25H31N5O/c1-15(2)22-19-10-17(21-12-29(6)25(4,5)13-31-21)7-8-20(19)28-23(22)18-9-16(3)24-26-14-27-30(24)11-18/h7-11,14-15,21,28H,12-13H2,1-6H3. The van der Waals surface area contributed by atoms with Gasteiger partial charge in [0, 0.05) is 34.7 Å². The first-order valence-corrected chi connectivity index (χ1v) is 11.0. The van der Waals surface area contributed by atoms with Crippen LogP contribution in [0.15, 0.2) is 36.8 Å². The van der Waals surface area contributed by atoms with E-state index in [1.54, 1.807) is 6.33 Å². The fraction of sp³-hybridized carbons (Fsp3) is 0.440. The summed E-state index contributed by atoms with van der Waals surface area (Å²) in [5.74, 6) is 0.375. The zero-order chi connectivity index (χ0) is 21.9. The molecule has 1 aliphatic heterocycles. The molecule has 0 bridgehead atoms. The van der Waals surface area contributed by atoms with Crippen molar-refractivity contribution >= 4 is 16.6 Å². The highest BCUT2D eigenvalue weighted by Crippen LogP contribution is 2.38. The smallest absolute Gasteiger partial charge is 0.158 e. The molecule has 0 spiro atoms. The highest BCUT2D eigenvalue weighted by Gasteiger charge is 2.33. The minimum Gasteiger partial charge on any atom is -0.370 e. The van der Waals surface area contributed by atoms with E-state index in [0.29, 0.717) is 5.92 Å². The molecule has 0 radical (unpaired) electrons. The molecule has 1 N–H and O–H groups in total. The number of H-pyrrole nitrogens is 1. The first-order valence-electron chi connectivity index (χ1n) is 11.0. The normalized spacial score (nSPS) is 19.6. The summed E-state index contributed by atoms with van der Waals surface area (Å²) in [5, 5.41) is 5.63. The van der Waals surface area contributed by atoms with Gasteiger partial charge in [0.05, 0.1) is 18.4 Å². The van der Waals surface area contributed by atoms with Gasteiger partial charge in [-0.2, -0.15) is 5.10 Å². The summed E-state index contributed by atoms with van der Waals surface area (Å²) in [6, 6.07) is 8.92. The SMILES string of the molecule is Cc1cc(-c2[nH]c3ccc(C4CN(C)C(C)(C)CO4)cc3c2C(C)C)cn2ncnc12. The van der Waals surface area contributed by atoms with Crippen molar-refractivity contribution in [2.75, 3.05) is 20.2 Å². The minimum absolute atomic E-state index is 0.0722. The highest BCUT2D eigenvalue weighted by molar-refractivity contribution is 5.92. The van der Waals surface area contributed by atoms with Crippen molar-refractivity contribution in [1.29, 1.82) is 0 Å². The van der Waals surface area contributed by atoms with E-state index in [9.17, 15) is 0 Å². The van der Waals surface area contributed by atoms with Gasteiger partial charge in [0.15, 0.2) is 5.65 Å². The first-order chi connectivity index (χ1) is 14.7. The maximum absolute atomic E-state index is 6.28. The van der Waals surface area contributed by atoms with Gasteiger partial charge < -0.3 is 9.72 Å². The minimum atomic E-state index is 0.0722. The molecule has 1 aliphatic rings. The molecule has 1 fully saturated rings. The number of benzene rings is 1. The average Bonchev–Trinajstić information content (AvgIpc) is 3.34. The summed E-state index contributed by atoms with van der Waals surface area (Å²) in [5.41, 5.74) is 8.11. The second-order valence-corrected chi connectivity index (χ2v) is 9.81. The van der Waals surface area contributed by atoms with Crippen molar-refractivity contribution in [3.8, 4) is 11.3 Å².